The molecule has 4 rings (SSSR count). The van der Waals surface area contributed by atoms with E-state index in [1.54, 1.807) is 0 Å². The van der Waals surface area contributed by atoms with Crippen molar-refractivity contribution >= 4 is 5.69 Å². The lowest BCUT2D eigenvalue weighted by molar-refractivity contribution is 0.198. The molecule has 0 amide bonds. The van der Waals surface area contributed by atoms with Gasteiger partial charge in [-0.3, -0.25) is 0 Å². The van der Waals surface area contributed by atoms with Crippen LogP contribution < -0.4 is 9.64 Å². The molecule has 1 saturated heterocycles. The highest BCUT2D eigenvalue weighted by atomic mass is 16.5. The highest BCUT2D eigenvalue weighted by molar-refractivity contribution is 5.53. The summed E-state index contributed by atoms with van der Waals surface area (Å²) >= 11 is 0. The van der Waals surface area contributed by atoms with Gasteiger partial charge in [-0.1, -0.05) is 24.3 Å². The van der Waals surface area contributed by atoms with Crippen LogP contribution in [0.15, 0.2) is 48.5 Å². The standard InChI is InChI=1S/C20H24N2O/c1-21-12-4-7-19(21)15-23-20-10-8-18(9-11-20)22-13-16-5-2-3-6-17(16)14-22/h2-3,5-6,8-11,19H,4,7,12-15H2,1H3/t19-/m1/s1. The van der Waals surface area contributed by atoms with Crippen LogP contribution in [-0.4, -0.2) is 31.1 Å². The average Bonchev–Trinajstić information content (AvgIpc) is 3.19. The number of fused-ring (bicyclic) bond motifs is 1. The lowest BCUT2D eigenvalue weighted by Crippen LogP contribution is -2.30. The SMILES string of the molecule is CN1CCC[C@@H]1COc1ccc(N2Cc3ccccc3C2)cc1. The topological polar surface area (TPSA) is 15.7 Å². The highest BCUT2D eigenvalue weighted by Gasteiger charge is 2.21. The number of ether oxygens (including phenoxy) is 1. The van der Waals surface area contributed by atoms with E-state index in [0.29, 0.717) is 6.04 Å². The van der Waals surface area contributed by atoms with Crippen molar-refractivity contribution in [2.45, 2.75) is 32.0 Å². The van der Waals surface area contributed by atoms with Crippen LogP contribution in [0.4, 0.5) is 5.69 Å². The molecule has 0 aromatic heterocycles. The van der Waals surface area contributed by atoms with E-state index in [0.717, 1.165) is 25.4 Å². The van der Waals surface area contributed by atoms with Crippen LogP contribution in [-0.2, 0) is 13.1 Å². The van der Waals surface area contributed by atoms with Crippen molar-refractivity contribution in [3.63, 3.8) is 0 Å². The molecule has 3 heteroatoms. The molecule has 3 nitrogen and oxygen atoms in total. The molecule has 0 radical (unpaired) electrons. The lowest BCUT2D eigenvalue weighted by atomic mass is 10.1. The summed E-state index contributed by atoms with van der Waals surface area (Å²) in [7, 11) is 2.19. The fraction of sp³-hybridized carbons (Fsp3) is 0.400. The number of hydrogen-bond acceptors (Lipinski definition) is 3. The molecule has 1 atom stereocenters. The van der Waals surface area contributed by atoms with Gasteiger partial charge in [0.25, 0.3) is 0 Å². The van der Waals surface area contributed by atoms with E-state index in [-0.39, 0.29) is 0 Å². The molecule has 0 unspecified atom stereocenters. The molecular weight excluding hydrogens is 284 g/mol. The second-order valence-electron chi connectivity index (χ2n) is 6.71. The Balaban J connectivity index is 1.37. The summed E-state index contributed by atoms with van der Waals surface area (Å²) in [6.07, 6.45) is 2.54. The second-order valence-corrected chi connectivity index (χ2v) is 6.71. The number of likely N-dealkylation sites (N-methyl/N-ethyl adjacent to an activating group) is 1. The Kier molecular flexibility index (Phi) is 3.96. The van der Waals surface area contributed by atoms with Crippen LogP contribution in [0.2, 0.25) is 0 Å². The van der Waals surface area contributed by atoms with E-state index in [4.69, 9.17) is 4.74 Å². The maximum Gasteiger partial charge on any atom is 0.119 e. The molecule has 2 aromatic carbocycles. The van der Waals surface area contributed by atoms with Crippen LogP contribution in [0, 0.1) is 0 Å². The summed E-state index contributed by atoms with van der Waals surface area (Å²) in [6, 6.07) is 17.8. The normalized spacial score (nSPS) is 20.7. The maximum absolute atomic E-state index is 5.98. The molecule has 2 aliphatic rings. The predicted molar refractivity (Wildman–Crippen MR) is 93.9 cm³/mol. The Morgan fingerprint density at radius 2 is 1.70 bits per heavy atom. The Morgan fingerprint density at radius 1 is 1.00 bits per heavy atom. The lowest BCUT2D eigenvalue weighted by Gasteiger charge is -2.21. The molecular formula is C20H24N2O. The fourth-order valence-corrected chi connectivity index (χ4v) is 3.65. The predicted octanol–water partition coefficient (Wildman–Crippen LogP) is 3.68. The van der Waals surface area contributed by atoms with Gasteiger partial charge in [0, 0.05) is 24.8 Å². The molecule has 2 heterocycles. The minimum Gasteiger partial charge on any atom is -0.492 e. The quantitative estimate of drug-likeness (QED) is 0.857. The van der Waals surface area contributed by atoms with E-state index in [1.165, 1.54) is 36.2 Å². The molecule has 2 aromatic rings. The van der Waals surface area contributed by atoms with E-state index < -0.39 is 0 Å². The first-order chi connectivity index (χ1) is 11.3. The third-order valence-corrected chi connectivity index (χ3v) is 5.16. The molecule has 1 fully saturated rings. The van der Waals surface area contributed by atoms with Crippen molar-refractivity contribution < 1.29 is 4.74 Å². The number of likely N-dealkylation sites (tertiary alicyclic amines) is 1. The van der Waals surface area contributed by atoms with Gasteiger partial charge in [-0.25, -0.2) is 0 Å². The smallest absolute Gasteiger partial charge is 0.119 e. The Bertz CT molecular complexity index is 643. The van der Waals surface area contributed by atoms with E-state index >= 15 is 0 Å². The molecule has 0 saturated carbocycles. The van der Waals surface area contributed by atoms with Crippen molar-refractivity contribution in [1.82, 2.24) is 4.90 Å². The third-order valence-electron chi connectivity index (χ3n) is 5.16. The van der Waals surface area contributed by atoms with Crippen LogP contribution in [0.1, 0.15) is 24.0 Å². The molecule has 120 valence electrons. The van der Waals surface area contributed by atoms with Crippen molar-refractivity contribution in [3.8, 4) is 5.75 Å². The zero-order valence-corrected chi connectivity index (χ0v) is 13.7. The zero-order valence-electron chi connectivity index (χ0n) is 13.7. The molecule has 0 aliphatic carbocycles. The molecule has 2 aliphatic heterocycles. The molecule has 23 heavy (non-hydrogen) atoms. The van der Waals surface area contributed by atoms with Gasteiger partial charge in [0.1, 0.15) is 12.4 Å². The summed E-state index contributed by atoms with van der Waals surface area (Å²) in [5, 5.41) is 0. The van der Waals surface area contributed by atoms with E-state index in [2.05, 4.69) is 65.4 Å². The number of rotatable bonds is 4. The van der Waals surface area contributed by atoms with Gasteiger partial charge >= 0.3 is 0 Å². The third kappa shape index (κ3) is 3.06. The van der Waals surface area contributed by atoms with Crippen molar-refractivity contribution in [2.24, 2.45) is 0 Å². The average molecular weight is 308 g/mol. The monoisotopic (exact) mass is 308 g/mol. The van der Waals surface area contributed by atoms with Crippen molar-refractivity contribution in [3.05, 3.63) is 59.7 Å². The second kappa shape index (κ2) is 6.25. The van der Waals surface area contributed by atoms with Crippen molar-refractivity contribution in [2.75, 3.05) is 25.1 Å². The van der Waals surface area contributed by atoms with Gasteiger partial charge in [0.05, 0.1) is 0 Å². The number of nitrogens with zero attached hydrogens (tertiary/aromatic N) is 2. The molecule has 0 spiro atoms. The number of anilines is 1. The first-order valence-electron chi connectivity index (χ1n) is 8.54. The van der Waals surface area contributed by atoms with Crippen LogP contribution in [0.25, 0.3) is 0 Å². The minimum absolute atomic E-state index is 0.572. The summed E-state index contributed by atoms with van der Waals surface area (Å²) in [5.74, 6) is 0.978. The van der Waals surface area contributed by atoms with E-state index in [1.807, 2.05) is 0 Å². The zero-order chi connectivity index (χ0) is 15.6. The van der Waals surface area contributed by atoms with Crippen LogP contribution >= 0.6 is 0 Å². The molecule has 0 bridgehead atoms. The summed E-state index contributed by atoms with van der Waals surface area (Å²) in [4.78, 5) is 4.81. The van der Waals surface area contributed by atoms with Crippen LogP contribution in [0.3, 0.4) is 0 Å². The minimum atomic E-state index is 0.572. The van der Waals surface area contributed by atoms with Gasteiger partial charge in [0.2, 0.25) is 0 Å². The van der Waals surface area contributed by atoms with Gasteiger partial charge in [0.15, 0.2) is 0 Å². The largest absolute Gasteiger partial charge is 0.492 e. The van der Waals surface area contributed by atoms with Crippen LogP contribution in [0.5, 0.6) is 5.75 Å². The summed E-state index contributed by atoms with van der Waals surface area (Å²) in [5.41, 5.74) is 4.15. The van der Waals surface area contributed by atoms with E-state index in [9.17, 15) is 0 Å². The highest BCUT2D eigenvalue weighted by Crippen LogP contribution is 2.29. The Labute approximate surface area is 138 Å². The Hall–Kier alpha value is -2.00. The maximum atomic E-state index is 5.98. The summed E-state index contributed by atoms with van der Waals surface area (Å²) in [6.45, 7) is 4.00. The first kappa shape index (κ1) is 14.6. The fourth-order valence-electron chi connectivity index (χ4n) is 3.65. The van der Waals surface area contributed by atoms with Gasteiger partial charge in [-0.15, -0.1) is 0 Å². The number of benzene rings is 2. The first-order valence-corrected chi connectivity index (χ1v) is 8.54. The summed E-state index contributed by atoms with van der Waals surface area (Å²) < 4.78 is 5.98. The van der Waals surface area contributed by atoms with Crippen molar-refractivity contribution in [1.29, 1.82) is 0 Å². The van der Waals surface area contributed by atoms with Gasteiger partial charge in [-0.2, -0.15) is 0 Å². The molecule has 0 N–H and O–H groups in total. The number of hydrogen-bond donors (Lipinski definition) is 0. The van der Waals surface area contributed by atoms with Gasteiger partial charge < -0.3 is 14.5 Å². The Morgan fingerprint density at radius 3 is 2.30 bits per heavy atom. The van der Waals surface area contributed by atoms with Gasteiger partial charge in [-0.05, 0) is 61.8 Å².